The smallest absolute Gasteiger partial charge is 0.378 e. The van der Waals surface area contributed by atoms with Crippen LogP contribution in [0.2, 0.25) is 0 Å². The van der Waals surface area contributed by atoms with Gasteiger partial charge in [-0.25, -0.2) is 4.39 Å². The maximum Gasteiger partial charge on any atom is 0.419 e. The number of carbonyl (C=O) groups excluding carboxylic acids is 1. The van der Waals surface area contributed by atoms with Crippen LogP contribution in [0.5, 0.6) is 0 Å². The quantitative estimate of drug-likeness (QED) is 0.664. The van der Waals surface area contributed by atoms with Crippen LogP contribution in [0.3, 0.4) is 0 Å². The summed E-state index contributed by atoms with van der Waals surface area (Å²) >= 11 is 0. The molecule has 1 heterocycles. The van der Waals surface area contributed by atoms with Crippen molar-refractivity contribution < 1.29 is 27.1 Å². The van der Waals surface area contributed by atoms with Crippen LogP contribution in [-0.4, -0.2) is 31.6 Å². The van der Waals surface area contributed by atoms with Gasteiger partial charge in [0.2, 0.25) is 0 Å². The standard InChI is InChI=1S/C12H11F4NO2/c13-9-5-7(1-2-8(9)12(14,15)16)11(18)10-6-19-4-3-17-10/h1-2,5,10,17H,3-4,6H2. The van der Waals surface area contributed by atoms with Crippen molar-refractivity contribution in [3.8, 4) is 0 Å². The summed E-state index contributed by atoms with van der Waals surface area (Å²) in [7, 11) is 0. The highest BCUT2D eigenvalue weighted by atomic mass is 19.4. The highest BCUT2D eigenvalue weighted by Gasteiger charge is 2.34. The molecule has 1 aliphatic rings. The Bertz CT molecular complexity index is 481. The van der Waals surface area contributed by atoms with Crippen LogP contribution in [0.15, 0.2) is 18.2 Å². The van der Waals surface area contributed by atoms with Crippen LogP contribution in [0.25, 0.3) is 0 Å². The third-order valence-corrected chi connectivity index (χ3v) is 2.80. The maximum atomic E-state index is 13.3. The number of hydrogen-bond acceptors (Lipinski definition) is 3. The van der Waals surface area contributed by atoms with Gasteiger partial charge >= 0.3 is 6.18 Å². The van der Waals surface area contributed by atoms with E-state index in [1.54, 1.807) is 0 Å². The van der Waals surface area contributed by atoms with E-state index < -0.39 is 29.4 Å². The molecule has 1 aromatic rings. The Morgan fingerprint density at radius 2 is 2.11 bits per heavy atom. The fraction of sp³-hybridized carbons (Fsp3) is 0.417. The number of halogens is 4. The molecule has 1 aromatic carbocycles. The highest BCUT2D eigenvalue weighted by Crippen LogP contribution is 2.31. The van der Waals surface area contributed by atoms with Gasteiger partial charge in [0.1, 0.15) is 5.82 Å². The number of benzene rings is 1. The van der Waals surface area contributed by atoms with Gasteiger partial charge in [-0.05, 0) is 12.1 Å². The molecule has 3 nitrogen and oxygen atoms in total. The second-order valence-electron chi connectivity index (χ2n) is 4.14. The van der Waals surface area contributed by atoms with Gasteiger partial charge in [0, 0.05) is 12.1 Å². The molecule has 1 unspecified atom stereocenters. The molecule has 0 aliphatic carbocycles. The molecule has 0 radical (unpaired) electrons. The molecule has 104 valence electrons. The van der Waals surface area contributed by atoms with Gasteiger partial charge in [-0.2, -0.15) is 13.2 Å². The minimum absolute atomic E-state index is 0.103. The summed E-state index contributed by atoms with van der Waals surface area (Å²) < 4.78 is 55.6. The summed E-state index contributed by atoms with van der Waals surface area (Å²) in [6, 6.07) is 1.52. The second-order valence-corrected chi connectivity index (χ2v) is 4.14. The van der Waals surface area contributed by atoms with Crippen molar-refractivity contribution in [2.24, 2.45) is 0 Å². The average molecular weight is 277 g/mol. The molecule has 7 heteroatoms. The number of carbonyl (C=O) groups is 1. The number of ketones is 1. The molecule has 1 atom stereocenters. The van der Waals surface area contributed by atoms with E-state index >= 15 is 0 Å². The summed E-state index contributed by atoms with van der Waals surface area (Å²) in [4.78, 5) is 11.9. The Balaban J connectivity index is 2.22. The fourth-order valence-corrected chi connectivity index (χ4v) is 1.83. The number of Topliss-reactive ketones (excluding diaryl/α,β-unsaturated/α-hetero) is 1. The third kappa shape index (κ3) is 3.10. The lowest BCUT2D eigenvalue weighted by Crippen LogP contribution is -2.46. The number of hydrogen-bond donors (Lipinski definition) is 1. The Hall–Kier alpha value is -1.47. The molecule has 0 amide bonds. The number of nitrogens with one attached hydrogen (secondary N) is 1. The van der Waals surface area contributed by atoms with Crippen molar-refractivity contribution >= 4 is 5.78 Å². The van der Waals surface area contributed by atoms with E-state index in [2.05, 4.69) is 5.32 Å². The summed E-state index contributed by atoms with van der Waals surface area (Å²) in [5.41, 5.74) is -1.48. The Morgan fingerprint density at radius 3 is 2.63 bits per heavy atom. The molecule has 0 spiro atoms. The van der Waals surface area contributed by atoms with Crippen LogP contribution >= 0.6 is 0 Å². The molecule has 1 fully saturated rings. The highest BCUT2D eigenvalue weighted by molar-refractivity contribution is 6.00. The third-order valence-electron chi connectivity index (χ3n) is 2.80. The van der Waals surface area contributed by atoms with Crippen molar-refractivity contribution in [1.82, 2.24) is 5.32 Å². The van der Waals surface area contributed by atoms with Crippen LogP contribution in [0.1, 0.15) is 15.9 Å². The minimum atomic E-state index is -4.77. The summed E-state index contributed by atoms with van der Waals surface area (Å²) in [5, 5.41) is 2.86. The monoisotopic (exact) mass is 277 g/mol. The van der Waals surface area contributed by atoms with Crippen LogP contribution in [0.4, 0.5) is 17.6 Å². The molecule has 0 aromatic heterocycles. The van der Waals surface area contributed by atoms with Gasteiger partial charge in [-0.3, -0.25) is 4.79 Å². The van der Waals surface area contributed by atoms with Crippen LogP contribution < -0.4 is 5.32 Å². The van der Waals surface area contributed by atoms with Gasteiger partial charge in [0.05, 0.1) is 24.8 Å². The van der Waals surface area contributed by atoms with Gasteiger partial charge in [-0.15, -0.1) is 0 Å². The molecular formula is C12H11F4NO2. The number of alkyl halides is 3. The maximum absolute atomic E-state index is 13.3. The van der Waals surface area contributed by atoms with Crippen molar-refractivity contribution in [2.75, 3.05) is 19.8 Å². The van der Waals surface area contributed by atoms with E-state index in [4.69, 9.17) is 4.74 Å². The lowest BCUT2D eigenvalue weighted by atomic mass is 10.0. The van der Waals surface area contributed by atoms with Crippen molar-refractivity contribution in [3.05, 3.63) is 35.1 Å². The predicted molar refractivity (Wildman–Crippen MR) is 58.3 cm³/mol. The Labute approximate surface area is 106 Å². The lowest BCUT2D eigenvalue weighted by molar-refractivity contribution is -0.140. The first-order valence-corrected chi connectivity index (χ1v) is 5.61. The Morgan fingerprint density at radius 1 is 1.37 bits per heavy atom. The zero-order valence-corrected chi connectivity index (χ0v) is 9.76. The predicted octanol–water partition coefficient (Wildman–Crippen LogP) is 2.02. The summed E-state index contributed by atoms with van der Waals surface area (Å²) in [5.74, 6) is -1.93. The molecule has 1 aliphatic heterocycles. The van der Waals surface area contributed by atoms with Crippen LogP contribution in [-0.2, 0) is 10.9 Å². The van der Waals surface area contributed by atoms with E-state index in [-0.39, 0.29) is 12.2 Å². The van der Waals surface area contributed by atoms with Crippen molar-refractivity contribution in [3.63, 3.8) is 0 Å². The first kappa shape index (κ1) is 14.0. The largest absolute Gasteiger partial charge is 0.419 e. The van der Waals surface area contributed by atoms with Crippen LogP contribution in [0, 0.1) is 5.82 Å². The molecule has 0 saturated carbocycles. The second kappa shape index (κ2) is 5.26. The average Bonchev–Trinajstić information content (AvgIpc) is 2.37. The molecule has 19 heavy (non-hydrogen) atoms. The first-order chi connectivity index (χ1) is 8.89. The molecule has 0 bridgehead atoms. The first-order valence-electron chi connectivity index (χ1n) is 5.61. The topological polar surface area (TPSA) is 38.3 Å². The van der Waals surface area contributed by atoms with Gasteiger partial charge < -0.3 is 10.1 Å². The number of morpholine rings is 1. The zero-order chi connectivity index (χ0) is 14.0. The Kier molecular flexibility index (Phi) is 3.86. The van der Waals surface area contributed by atoms with E-state index in [1.165, 1.54) is 0 Å². The van der Waals surface area contributed by atoms with Gasteiger partial charge in [0.25, 0.3) is 0 Å². The fourth-order valence-electron chi connectivity index (χ4n) is 1.83. The molecule has 1 saturated heterocycles. The SMILES string of the molecule is O=C(c1ccc(C(F)(F)F)c(F)c1)C1COCCN1. The lowest BCUT2D eigenvalue weighted by Gasteiger charge is -2.22. The molecule has 2 rings (SSSR count). The van der Waals surface area contributed by atoms with Gasteiger partial charge in [-0.1, -0.05) is 6.07 Å². The number of rotatable bonds is 2. The normalized spacial score (nSPS) is 20.3. The van der Waals surface area contributed by atoms with Crippen molar-refractivity contribution in [2.45, 2.75) is 12.2 Å². The van der Waals surface area contributed by atoms with E-state index in [9.17, 15) is 22.4 Å². The van der Waals surface area contributed by atoms with E-state index in [1.807, 2.05) is 0 Å². The number of ether oxygens (including phenoxy) is 1. The minimum Gasteiger partial charge on any atom is -0.378 e. The van der Waals surface area contributed by atoms with E-state index in [0.717, 1.165) is 6.07 Å². The zero-order valence-electron chi connectivity index (χ0n) is 9.76. The van der Waals surface area contributed by atoms with Crippen molar-refractivity contribution in [1.29, 1.82) is 0 Å². The van der Waals surface area contributed by atoms with Gasteiger partial charge in [0.15, 0.2) is 5.78 Å². The molecular weight excluding hydrogens is 266 g/mol. The summed E-state index contributed by atoms with van der Waals surface area (Å²) in [6.45, 7) is 1.06. The summed E-state index contributed by atoms with van der Waals surface area (Å²) in [6.07, 6.45) is -4.77. The van der Waals surface area contributed by atoms with E-state index in [0.29, 0.717) is 25.3 Å². The molecule has 1 N–H and O–H groups in total.